The van der Waals surface area contributed by atoms with E-state index in [1.54, 1.807) is 0 Å². The monoisotopic (exact) mass is 203 g/mol. The van der Waals surface area contributed by atoms with Crippen molar-refractivity contribution >= 4 is 17.7 Å². The highest BCUT2D eigenvalue weighted by atomic mass is 16.5. The molecule has 6 nitrogen and oxygen atoms in total. The fraction of sp³-hybridized carbons (Fsp3) is 0.625. The van der Waals surface area contributed by atoms with Crippen LogP contribution in [0, 0.1) is 0 Å². The summed E-state index contributed by atoms with van der Waals surface area (Å²) in [7, 11) is 0. The molecule has 6 heteroatoms. The van der Waals surface area contributed by atoms with Crippen LogP contribution in [-0.2, 0) is 19.1 Å². The van der Waals surface area contributed by atoms with Crippen LogP contribution in [0.5, 0.6) is 0 Å². The summed E-state index contributed by atoms with van der Waals surface area (Å²) in [4.78, 5) is 32.2. The Kier molecular flexibility index (Phi) is 4.79. The number of ketones is 1. The van der Waals surface area contributed by atoms with Gasteiger partial charge in [-0.3, -0.25) is 14.4 Å². The summed E-state index contributed by atoms with van der Waals surface area (Å²) in [6, 6.07) is -0.758. The van der Waals surface area contributed by atoms with Crippen molar-refractivity contribution in [2.24, 2.45) is 5.73 Å². The Morgan fingerprint density at radius 3 is 2.14 bits per heavy atom. The molecule has 14 heavy (non-hydrogen) atoms. The molecule has 0 fully saturated rings. The highest BCUT2D eigenvalue weighted by Crippen LogP contribution is 2.03. The van der Waals surface area contributed by atoms with Crippen LogP contribution in [0.25, 0.3) is 0 Å². The first-order valence-corrected chi connectivity index (χ1v) is 4.13. The van der Waals surface area contributed by atoms with Crippen LogP contribution in [0.15, 0.2) is 0 Å². The molecular weight excluding hydrogens is 188 g/mol. The molecule has 0 radical (unpaired) electrons. The molecule has 0 spiro atoms. The van der Waals surface area contributed by atoms with Crippen LogP contribution in [0.3, 0.4) is 0 Å². The Balaban J connectivity index is 4.45. The van der Waals surface area contributed by atoms with Crippen molar-refractivity contribution < 1.29 is 24.9 Å². The van der Waals surface area contributed by atoms with E-state index in [1.165, 1.54) is 13.8 Å². The van der Waals surface area contributed by atoms with Crippen LogP contribution < -0.4 is 11.5 Å². The van der Waals surface area contributed by atoms with Crippen LogP contribution >= 0.6 is 0 Å². The van der Waals surface area contributed by atoms with Gasteiger partial charge in [-0.15, -0.1) is 0 Å². The number of quaternary nitrogens is 1. The predicted molar refractivity (Wildman–Crippen MR) is 46.7 cm³/mol. The number of Topliss-reactive ketones (excluding diaryl/α,β-unsaturated/α-hetero) is 1. The summed E-state index contributed by atoms with van der Waals surface area (Å²) in [5.74, 6) is -1.45. The van der Waals surface area contributed by atoms with Gasteiger partial charge in [-0.25, -0.2) is 0 Å². The Bertz CT molecular complexity index is 236. The maximum atomic E-state index is 10.9. The van der Waals surface area contributed by atoms with Gasteiger partial charge in [-0.05, 0) is 0 Å². The number of esters is 1. The van der Waals surface area contributed by atoms with Crippen molar-refractivity contribution in [3.8, 4) is 0 Å². The smallest absolute Gasteiger partial charge is 0.303 e. The number of rotatable bonds is 5. The standard InChI is InChI=1S/C8H14N2O4/c1-4(11)8(10)6(3-7(9)13)14-5(2)12/h6,8H,3,10H2,1-2H3,(H2,9,13)/p+1. The van der Waals surface area contributed by atoms with E-state index in [0.717, 1.165) is 0 Å². The predicted octanol–water partition coefficient (Wildman–Crippen LogP) is -2.01. The largest absolute Gasteiger partial charge is 0.455 e. The number of nitrogens with two attached hydrogens (primary N) is 1. The van der Waals surface area contributed by atoms with E-state index in [4.69, 9.17) is 10.5 Å². The first-order valence-electron chi connectivity index (χ1n) is 4.13. The van der Waals surface area contributed by atoms with Crippen molar-refractivity contribution in [3.05, 3.63) is 0 Å². The third-order valence-electron chi connectivity index (χ3n) is 1.69. The lowest BCUT2D eigenvalue weighted by Crippen LogP contribution is -2.70. The minimum Gasteiger partial charge on any atom is -0.455 e. The van der Waals surface area contributed by atoms with Crippen molar-refractivity contribution in [1.29, 1.82) is 0 Å². The molecule has 0 aromatic heterocycles. The quantitative estimate of drug-likeness (QED) is 0.502. The number of carbonyl (C=O) groups is 3. The third kappa shape index (κ3) is 4.56. The zero-order valence-corrected chi connectivity index (χ0v) is 8.28. The van der Waals surface area contributed by atoms with Crippen LogP contribution in [0.2, 0.25) is 0 Å². The van der Waals surface area contributed by atoms with Crippen LogP contribution in [0.1, 0.15) is 20.3 Å². The molecule has 2 atom stereocenters. The normalized spacial score (nSPS) is 14.2. The molecule has 0 aromatic carbocycles. The number of amides is 1. The van der Waals surface area contributed by atoms with Gasteiger partial charge >= 0.3 is 5.97 Å². The first kappa shape index (κ1) is 12.6. The second kappa shape index (κ2) is 5.33. The van der Waals surface area contributed by atoms with Crippen molar-refractivity contribution in [1.82, 2.24) is 0 Å². The number of hydrogen-bond acceptors (Lipinski definition) is 4. The summed E-state index contributed by atoms with van der Waals surface area (Å²) in [6.07, 6.45) is -1.05. The molecule has 1 amide bonds. The molecule has 0 saturated carbocycles. The summed E-state index contributed by atoms with van der Waals surface area (Å²) in [6.45, 7) is 2.51. The fourth-order valence-electron chi connectivity index (χ4n) is 0.939. The highest BCUT2D eigenvalue weighted by Gasteiger charge is 2.29. The topological polar surface area (TPSA) is 114 Å². The van der Waals surface area contributed by atoms with Crippen molar-refractivity contribution in [2.75, 3.05) is 0 Å². The van der Waals surface area contributed by atoms with Gasteiger partial charge in [0.15, 0.2) is 17.9 Å². The van der Waals surface area contributed by atoms with E-state index in [9.17, 15) is 14.4 Å². The summed E-state index contributed by atoms with van der Waals surface area (Å²) < 4.78 is 4.76. The maximum Gasteiger partial charge on any atom is 0.303 e. The Labute approximate surface area is 81.6 Å². The van der Waals surface area contributed by atoms with E-state index < -0.39 is 24.0 Å². The molecule has 0 rings (SSSR count). The summed E-state index contributed by atoms with van der Waals surface area (Å²) >= 11 is 0. The lowest BCUT2D eigenvalue weighted by molar-refractivity contribution is -0.419. The average Bonchev–Trinajstić information content (AvgIpc) is 1.99. The van der Waals surface area contributed by atoms with Gasteiger partial charge < -0.3 is 16.2 Å². The zero-order chi connectivity index (χ0) is 11.3. The highest BCUT2D eigenvalue weighted by molar-refractivity contribution is 5.83. The number of ether oxygens (including phenoxy) is 1. The van der Waals surface area contributed by atoms with Gasteiger partial charge in [0.25, 0.3) is 0 Å². The van der Waals surface area contributed by atoms with Crippen molar-refractivity contribution in [3.63, 3.8) is 0 Å². The van der Waals surface area contributed by atoms with Crippen LogP contribution in [-0.4, -0.2) is 29.8 Å². The SMILES string of the molecule is CC(=O)OC(CC(N)=O)C([NH3+])C(C)=O. The second-order valence-corrected chi connectivity index (χ2v) is 3.04. The molecule has 0 aromatic rings. The lowest BCUT2D eigenvalue weighted by atomic mass is 10.1. The number of hydrogen-bond donors (Lipinski definition) is 2. The third-order valence-corrected chi connectivity index (χ3v) is 1.69. The number of carbonyl (C=O) groups excluding carboxylic acids is 3. The van der Waals surface area contributed by atoms with E-state index in [2.05, 4.69) is 5.73 Å². The van der Waals surface area contributed by atoms with E-state index in [1.807, 2.05) is 0 Å². The molecule has 0 aliphatic rings. The van der Waals surface area contributed by atoms with E-state index >= 15 is 0 Å². The molecule has 5 N–H and O–H groups in total. The second-order valence-electron chi connectivity index (χ2n) is 3.04. The minimum absolute atomic E-state index is 0.187. The molecule has 0 heterocycles. The van der Waals surface area contributed by atoms with E-state index in [-0.39, 0.29) is 12.2 Å². The molecule has 0 aliphatic carbocycles. The fourth-order valence-corrected chi connectivity index (χ4v) is 0.939. The Morgan fingerprint density at radius 1 is 1.36 bits per heavy atom. The summed E-state index contributed by atoms with van der Waals surface area (Å²) in [5, 5.41) is 0. The number of primary amides is 1. The molecule has 80 valence electrons. The molecule has 0 aliphatic heterocycles. The van der Waals surface area contributed by atoms with Crippen molar-refractivity contribution in [2.45, 2.75) is 32.4 Å². The van der Waals surface area contributed by atoms with Gasteiger partial charge in [-0.1, -0.05) is 0 Å². The summed E-state index contributed by atoms with van der Waals surface area (Å²) in [5.41, 5.74) is 8.45. The van der Waals surface area contributed by atoms with Gasteiger partial charge in [0.2, 0.25) is 5.91 Å². The first-order chi connectivity index (χ1) is 6.34. The molecular formula is C8H15N2O4+. The Hall–Kier alpha value is -1.43. The Morgan fingerprint density at radius 2 is 1.86 bits per heavy atom. The molecule has 2 unspecified atom stereocenters. The lowest BCUT2D eigenvalue weighted by Gasteiger charge is -2.17. The minimum atomic E-state index is -0.859. The maximum absolute atomic E-state index is 10.9. The average molecular weight is 203 g/mol. The molecule has 0 saturated heterocycles. The van der Waals surface area contributed by atoms with Gasteiger partial charge in [0.05, 0.1) is 6.42 Å². The van der Waals surface area contributed by atoms with Gasteiger partial charge in [-0.2, -0.15) is 0 Å². The van der Waals surface area contributed by atoms with Gasteiger partial charge in [0.1, 0.15) is 0 Å². The van der Waals surface area contributed by atoms with Crippen LogP contribution in [0.4, 0.5) is 0 Å². The zero-order valence-electron chi connectivity index (χ0n) is 8.28. The van der Waals surface area contributed by atoms with E-state index in [0.29, 0.717) is 0 Å². The van der Waals surface area contributed by atoms with Gasteiger partial charge in [0, 0.05) is 13.8 Å². The molecule has 0 bridgehead atoms.